The molecule has 0 saturated heterocycles. The van der Waals surface area contributed by atoms with Gasteiger partial charge in [0, 0.05) is 0 Å². The van der Waals surface area contributed by atoms with Crippen LogP contribution >= 0.6 is 0 Å². The predicted octanol–water partition coefficient (Wildman–Crippen LogP) is 0.746. The average Bonchev–Trinajstić information content (AvgIpc) is 2.07. The molecule has 0 fully saturated rings. The van der Waals surface area contributed by atoms with E-state index in [0.717, 1.165) is 0 Å². The van der Waals surface area contributed by atoms with Gasteiger partial charge in [0.25, 0.3) is 0 Å². The molecule has 0 amide bonds. The van der Waals surface area contributed by atoms with Crippen LogP contribution in [0.25, 0.3) is 11.0 Å². The van der Waals surface area contributed by atoms with Crippen LogP contribution in [0.15, 0.2) is 18.2 Å². The highest BCUT2D eigenvalue weighted by Crippen LogP contribution is 2.11. The second kappa shape index (κ2) is 2.37. The number of aromatic nitrogens is 3. The van der Waals surface area contributed by atoms with Gasteiger partial charge in [0.2, 0.25) is 5.95 Å². The van der Waals surface area contributed by atoms with E-state index >= 15 is 0 Å². The van der Waals surface area contributed by atoms with Crippen molar-refractivity contribution in [3.05, 3.63) is 24.0 Å². The van der Waals surface area contributed by atoms with E-state index in [4.69, 9.17) is 5.73 Å². The van der Waals surface area contributed by atoms with E-state index in [2.05, 4.69) is 15.2 Å². The zero-order valence-corrected chi connectivity index (χ0v) is 6.03. The maximum atomic E-state index is 13.0. The summed E-state index contributed by atoms with van der Waals surface area (Å²) in [7, 11) is 0. The summed E-state index contributed by atoms with van der Waals surface area (Å²) in [6, 6.07) is 4.47. The number of rotatable bonds is 0. The maximum absolute atomic E-state index is 13.0. The first-order valence-electron chi connectivity index (χ1n) is 3.32. The molecule has 0 unspecified atom stereocenters. The first kappa shape index (κ1) is 6.90. The highest BCUT2D eigenvalue weighted by molar-refractivity contribution is 5.74. The van der Waals surface area contributed by atoms with E-state index in [0.29, 0.717) is 5.52 Å². The quantitative estimate of drug-likeness (QED) is 0.623. The van der Waals surface area contributed by atoms with Gasteiger partial charge in [0.15, 0.2) is 5.82 Å². The SMILES string of the molecule is Nc1nnc2cccc(F)c2n1. The first-order chi connectivity index (χ1) is 5.77. The molecule has 5 heteroatoms. The lowest BCUT2D eigenvalue weighted by molar-refractivity contribution is 0.636. The summed E-state index contributed by atoms with van der Waals surface area (Å²) in [5.74, 6) is -0.457. The van der Waals surface area contributed by atoms with E-state index in [9.17, 15) is 4.39 Å². The number of nitrogen functional groups attached to an aromatic ring is 1. The number of hydrogen-bond donors (Lipinski definition) is 1. The lowest BCUT2D eigenvalue weighted by Gasteiger charge is -1.96. The van der Waals surface area contributed by atoms with E-state index in [1.54, 1.807) is 12.1 Å². The van der Waals surface area contributed by atoms with Crippen molar-refractivity contribution in [3.63, 3.8) is 0 Å². The molecule has 4 nitrogen and oxygen atoms in total. The summed E-state index contributed by atoms with van der Waals surface area (Å²) < 4.78 is 13.0. The maximum Gasteiger partial charge on any atom is 0.240 e. The Morgan fingerprint density at radius 2 is 2.08 bits per heavy atom. The third kappa shape index (κ3) is 0.952. The van der Waals surface area contributed by atoms with Crippen molar-refractivity contribution in [2.75, 3.05) is 5.73 Å². The van der Waals surface area contributed by atoms with Crippen molar-refractivity contribution in [1.82, 2.24) is 15.2 Å². The fourth-order valence-electron chi connectivity index (χ4n) is 0.937. The highest BCUT2D eigenvalue weighted by atomic mass is 19.1. The van der Waals surface area contributed by atoms with E-state index < -0.39 is 5.82 Å². The zero-order chi connectivity index (χ0) is 8.55. The number of nitrogens with two attached hydrogens (primary N) is 1. The molecule has 1 aromatic heterocycles. The zero-order valence-electron chi connectivity index (χ0n) is 6.03. The van der Waals surface area contributed by atoms with Crippen LogP contribution in [0.5, 0.6) is 0 Å². The Kier molecular flexibility index (Phi) is 1.36. The molecule has 0 bridgehead atoms. The predicted molar refractivity (Wildman–Crippen MR) is 41.7 cm³/mol. The number of anilines is 1. The average molecular weight is 164 g/mol. The van der Waals surface area contributed by atoms with Crippen LogP contribution in [0.4, 0.5) is 10.3 Å². The van der Waals surface area contributed by atoms with Gasteiger partial charge in [-0.05, 0) is 12.1 Å². The summed E-state index contributed by atoms with van der Waals surface area (Å²) in [4.78, 5) is 3.70. The molecular formula is C7H5FN4. The van der Waals surface area contributed by atoms with Gasteiger partial charge in [0.1, 0.15) is 11.0 Å². The van der Waals surface area contributed by atoms with Crippen molar-refractivity contribution in [3.8, 4) is 0 Å². The van der Waals surface area contributed by atoms with E-state index in [1.807, 2.05) is 0 Å². The number of nitrogens with zero attached hydrogens (tertiary/aromatic N) is 3. The highest BCUT2D eigenvalue weighted by Gasteiger charge is 2.02. The fraction of sp³-hybridized carbons (Fsp3) is 0. The summed E-state index contributed by atoms with van der Waals surface area (Å²) >= 11 is 0. The molecule has 2 N–H and O–H groups in total. The molecule has 0 saturated carbocycles. The second-order valence-corrected chi connectivity index (χ2v) is 2.28. The van der Waals surface area contributed by atoms with Gasteiger partial charge in [0.05, 0.1) is 0 Å². The standard InChI is InChI=1S/C7H5FN4/c8-4-2-1-3-5-6(4)10-7(9)12-11-5/h1-3H,(H2,9,10,12). The topological polar surface area (TPSA) is 64.7 Å². The normalized spacial score (nSPS) is 10.4. The number of benzene rings is 1. The molecule has 2 aromatic rings. The van der Waals surface area contributed by atoms with Gasteiger partial charge in [-0.1, -0.05) is 6.07 Å². The Labute approximate surface area is 67.2 Å². The monoisotopic (exact) mass is 164 g/mol. The summed E-state index contributed by atoms with van der Waals surface area (Å²) in [5, 5.41) is 7.16. The number of fused-ring (bicyclic) bond motifs is 1. The van der Waals surface area contributed by atoms with Crippen LogP contribution < -0.4 is 5.73 Å². The Morgan fingerprint density at radius 3 is 2.92 bits per heavy atom. The van der Waals surface area contributed by atoms with E-state index in [1.165, 1.54) is 6.07 Å². The minimum absolute atomic E-state index is 0.0207. The Morgan fingerprint density at radius 1 is 1.25 bits per heavy atom. The lowest BCUT2D eigenvalue weighted by Crippen LogP contribution is -1.98. The van der Waals surface area contributed by atoms with Gasteiger partial charge in [-0.25, -0.2) is 9.37 Å². The number of para-hydroxylation sites is 1. The molecule has 12 heavy (non-hydrogen) atoms. The molecule has 0 atom stereocenters. The van der Waals surface area contributed by atoms with Crippen molar-refractivity contribution in [2.45, 2.75) is 0 Å². The van der Waals surface area contributed by atoms with Crippen molar-refractivity contribution in [1.29, 1.82) is 0 Å². The molecule has 1 heterocycles. The Bertz CT molecular complexity index is 429. The van der Waals surface area contributed by atoms with Crippen molar-refractivity contribution in [2.24, 2.45) is 0 Å². The fourth-order valence-corrected chi connectivity index (χ4v) is 0.937. The molecular weight excluding hydrogens is 159 g/mol. The van der Waals surface area contributed by atoms with Gasteiger partial charge in [-0.3, -0.25) is 0 Å². The van der Waals surface area contributed by atoms with Crippen LogP contribution in [0.3, 0.4) is 0 Å². The molecule has 0 radical (unpaired) electrons. The first-order valence-corrected chi connectivity index (χ1v) is 3.32. The molecule has 60 valence electrons. The van der Waals surface area contributed by atoms with Gasteiger partial charge < -0.3 is 5.73 Å². The summed E-state index contributed by atoms with van der Waals surface area (Å²) in [6.07, 6.45) is 0. The van der Waals surface area contributed by atoms with Gasteiger partial charge in [-0.15, -0.1) is 10.2 Å². The van der Waals surface area contributed by atoms with Gasteiger partial charge >= 0.3 is 0 Å². The van der Waals surface area contributed by atoms with Crippen molar-refractivity contribution < 1.29 is 4.39 Å². The van der Waals surface area contributed by atoms with Crippen LogP contribution in [-0.4, -0.2) is 15.2 Å². The Balaban J connectivity index is 2.88. The van der Waals surface area contributed by atoms with Crippen molar-refractivity contribution >= 4 is 17.0 Å². The van der Waals surface area contributed by atoms with Crippen LogP contribution in [0.1, 0.15) is 0 Å². The minimum Gasteiger partial charge on any atom is -0.366 e. The lowest BCUT2D eigenvalue weighted by atomic mass is 10.3. The summed E-state index contributed by atoms with van der Waals surface area (Å²) in [6.45, 7) is 0. The smallest absolute Gasteiger partial charge is 0.240 e. The molecule has 0 spiro atoms. The number of hydrogen-bond acceptors (Lipinski definition) is 4. The largest absolute Gasteiger partial charge is 0.366 e. The van der Waals surface area contributed by atoms with Crippen LogP contribution in [0.2, 0.25) is 0 Å². The van der Waals surface area contributed by atoms with E-state index in [-0.39, 0.29) is 11.5 Å². The second-order valence-electron chi connectivity index (χ2n) is 2.28. The van der Waals surface area contributed by atoms with Gasteiger partial charge in [-0.2, -0.15) is 0 Å². The molecule has 2 rings (SSSR count). The van der Waals surface area contributed by atoms with Crippen LogP contribution in [-0.2, 0) is 0 Å². The van der Waals surface area contributed by atoms with Crippen LogP contribution in [0, 0.1) is 5.82 Å². The summed E-state index contributed by atoms with van der Waals surface area (Å²) in [5.41, 5.74) is 5.81. The minimum atomic E-state index is -0.436. The molecule has 1 aromatic carbocycles. The molecule has 0 aliphatic heterocycles. The third-order valence-electron chi connectivity index (χ3n) is 1.45. The molecule has 0 aliphatic carbocycles. The number of halogens is 1. The third-order valence-corrected chi connectivity index (χ3v) is 1.45. The molecule has 0 aliphatic rings. The Hall–Kier alpha value is -1.78.